The van der Waals surface area contributed by atoms with Crippen molar-refractivity contribution in [3.8, 4) is 0 Å². The summed E-state index contributed by atoms with van der Waals surface area (Å²) in [6, 6.07) is 9.99. The van der Waals surface area contributed by atoms with Gasteiger partial charge < -0.3 is 14.2 Å². The van der Waals surface area contributed by atoms with E-state index in [-0.39, 0.29) is 24.6 Å². The summed E-state index contributed by atoms with van der Waals surface area (Å²) in [4.78, 5) is 10.4. The van der Waals surface area contributed by atoms with Crippen molar-refractivity contribution < 1.29 is 24.0 Å². The Kier molecular flexibility index (Phi) is 4.43. The van der Waals surface area contributed by atoms with E-state index in [1.807, 2.05) is 36.4 Å². The number of hydrogen-bond acceptors (Lipinski definition) is 5. The maximum Gasteiger partial charge on any atom is 0.184 e. The molecule has 0 amide bonds. The number of ether oxygens (including phenoxy) is 3. The van der Waals surface area contributed by atoms with Crippen LogP contribution in [0.15, 0.2) is 54.3 Å². The maximum absolute atomic E-state index is 6.15. The molecule has 5 heteroatoms. The molecule has 23 heavy (non-hydrogen) atoms. The Morgan fingerprint density at radius 1 is 0.957 bits per heavy atom. The third-order valence-corrected chi connectivity index (χ3v) is 4.22. The normalized spacial score (nSPS) is 35.4. The molecule has 3 aliphatic rings. The molecule has 4 atom stereocenters. The summed E-state index contributed by atoms with van der Waals surface area (Å²) in [6.45, 7) is 0.893. The molecule has 1 fully saturated rings. The van der Waals surface area contributed by atoms with Crippen LogP contribution in [0.5, 0.6) is 0 Å². The van der Waals surface area contributed by atoms with E-state index in [0.717, 1.165) is 24.2 Å². The van der Waals surface area contributed by atoms with Gasteiger partial charge in [-0.25, -0.2) is 9.78 Å². The fourth-order valence-corrected chi connectivity index (χ4v) is 3.00. The molecule has 3 heterocycles. The SMILES string of the molecule is C1=C2O[C@@H]3CO[C@@H](c4ccccc4)O[C@H]3C/C=C\CC2OOC1. The first-order chi connectivity index (χ1) is 11.4. The van der Waals surface area contributed by atoms with Crippen LogP contribution in [0.4, 0.5) is 0 Å². The molecule has 0 saturated carbocycles. The lowest BCUT2D eigenvalue weighted by Crippen LogP contribution is -2.42. The summed E-state index contributed by atoms with van der Waals surface area (Å²) >= 11 is 0. The largest absolute Gasteiger partial charge is 0.487 e. The minimum Gasteiger partial charge on any atom is -0.487 e. The molecule has 1 saturated heterocycles. The highest BCUT2D eigenvalue weighted by molar-refractivity contribution is 5.17. The Bertz CT molecular complexity index is 582. The van der Waals surface area contributed by atoms with Crippen LogP contribution in [-0.4, -0.2) is 31.5 Å². The van der Waals surface area contributed by atoms with Crippen LogP contribution in [0, 0.1) is 0 Å². The third-order valence-electron chi connectivity index (χ3n) is 4.22. The van der Waals surface area contributed by atoms with Crippen molar-refractivity contribution in [2.24, 2.45) is 0 Å². The molecule has 0 spiro atoms. The lowest BCUT2D eigenvalue weighted by atomic mass is 10.1. The summed E-state index contributed by atoms with van der Waals surface area (Å²) < 4.78 is 18.2. The van der Waals surface area contributed by atoms with Crippen molar-refractivity contribution in [2.75, 3.05) is 13.2 Å². The Morgan fingerprint density at radius 2 is 1.83 bits per heavy atom. The topological polar surface area (TPSA) is 46.2 Å². The second-order valence-electron chi connectivity index (χ2n) is 5.83. The van der Waals surface area contributed by atoms with Crippen LogP contribution in [0.3, 0.4) is 0 Å². The number of benzene rings is 1. The number of hydrogen-bond donors (Lipinski definition) is 0. The highest BCUT2D eigenvalue weighted by Crippen LogP contribution is 2.32. The zero-order valence-electron chi connectivity index (χ0n) is 12.8. The van der Waals surface area contributed by atoms with E-state index >= 15 is 0 Å². The van der Waals surface area contributed by atoms with E-state index in [4.69, 9.17) is 24.0 Å². The Morgan fingerprint density at radius 3 is 2.74 bits per heavy atom. The highest BCUT2D eigenvalue weighted by Gasteiger charge is 2.36. The van der Waals surface area contributed by atoms with Gasteiger partial charge in [-0.15, -0.1) is 0 Å². The van der Waals surface area contributed by atoms with E-state index in [9.17, 15) is 0 Å². The fraction of sp³-hybridized carbons (Fsp3) is 0.444. The van der Waals surface area contributed by atoms with Gasteiger partial charge in [-0.05, 0) is 12.5 Å². The van der Waals surface area contributed by atoms with E-state index < -0.39 is 0 Å². The molecule has 0 bridgehead atoms. The van der Waals surface area contributed by atoms with Crippen LogP contribution < -0.4 is 0 Å². The zero-order chi connectivity index (χ0) is 15.5. The van der Waals surface area contributed by atoms with Crippen molar-refractivity contribution in [3.63, 3.8) is 0 Å². The van der Waals surface area contributed by atoms with Gasteiger partial charge in [0.15, 0.2) is 12.4 Å². The van der Waals surface area contributed by atoms with Gasteiger partial charge in [-0.1, -0.05) is 42.5 Å². The van der Waals surface area contributed by atoms with Crippen LogP contribution >= 0.6 is 0 Å². The zero-order valence-corrected chi connectivity index (χ0v) is 12.8. The van der Waals surface area contributed by atoms with Gasteiger partial charge in [-0.3, -0.25) is 0 Å². The first-order valence-electron chi connectivity index (χ1n) is 8.02. The molecule has 1 aromatic rings. The smallest absolute Gasteiger partial charge is 0.184 e. The van der Waals surface area contributed by atoms with Crippen LogP contribution in [0.25, 0.3) is 0 Å². The Labute approximate surface area is 135 Å². The predicted molar refractivity (Wildman–Crippen MR) is 82.2 cm³/mol. The predicted octanol–water partition coefficient (Wildman–Crippen LogP) is 3.05. The van der Waals surface area contributed by atoms with Crippen molar-refractivity contribution in [3.05, 3.63) is 59.9 Å². The lowest BCUT2D eigenvalue weighted by Gasteiger charge is -2.37. The number of fused-ring (bicyclic) bond motifs is 2. The molecule has 1 unspecified atom stereocenters. The van der Waals surface area contributed by atoms with E-state index in [1.165, 1.54) is 0 Å². The van der Waals surface area contributed by atoms with Crippen LogP contribution in [-0.2, 0) is 24.0 Å². The number of rotatable bonds is 1. The molecule has 4 rings (SSSR count). The monoisotopic (exact) mass is 316 g/mol. The quantitative estimate of drug-likeness (QED) is 0.588. The van der Waals surface area contributed by atoms with E-state index in [0.29, 0.717) is 13.2 Å². The van der Waals surface area contributed by atoms with Crippen LogP contribution in [0.1, 0.15) is 24.7 Å². The van der Waals surface area contributed by atoms with Crippen molar-refractivity contribution in [2.45, 2.75) is 37.4 Å². The second kappa shape index (κ2) is 6.84. The van der Waals surface area contributed by atoms with Gasteiger partial charge in [0.2, 0.25) is 0 Å². The molecule has 5 nitrogen and oxygen atoms in total. The molecule has 0 aliphatic carbocycles. The Hall–Kier alpha value is -1.66. The first-order valence-corrected chi connectivity index (χ1v) is 8.02. The average molecular weight is 316 g/mol. The minimum absolute atomic E-state index is 0.0484. The third kappa shape index (κ3) is 3.33. The van der Waals surface area contributed by atoms with E-state index in [1.54, 1.807) is 0 Å². The molecule has 0 N–H and O–H groups in total. The molecule has 0 radical (unpaired) electrons. The summed E-state index contributed by atoms with van der Waals surface area (Å²) in [5.41, 5.74) is 1.03. The van der Waals surface area contributed by atoms with Gasteiger partial charge in [-0.2, -0.15) is 0 Å². The van der Waals surface area contributed by atoms with Gasteiger partial charge in [0.25, 0.3) is 0 Å². The van der Waals surface area contributed by atoms with E-state index in [2.05, 4.69) is 12.2 Å². The standard InChI is InChI=1S/C18H20O5/c1-2-6-13(7-3-1)18-19-12-17-14(22-18)8-4-5-9-16-15(21-17)10-11-20-23-16/h1-7,10,14,16-18H,8-9,11-12H2/b5-4-/t14-,16?,17+,18+/m0/s1. The van der Waals surface area contributed by atoms with Crippen LogP contribution in [0.2, 0.25) is 0 Å². The minimum atomic E-state index is -0.342. The highest BCUT2D eigenvalue weighted by atomic mass is 17.2. The summed E-state index contributed by atoms with van der Waals surface area (Å²) in [5.74, 6) is 0.808. The first kappa shape index (κ1) is 14.9. The van der Waals surface area contributed by atoms with Gasteiger partial charge in [0.05, 0.1) is 6.61 Å². The molecule has 3 aliphatic heterocycles. The molecular weight excluding hydrogens is 296 g/mol. The maximum atomic E-state index is 6.15. The molecular formula is C18H20O5. The summed E-state index contributed by atoms with van der Waals surface area (Å²) in [7, 11) is 0. The van der Waals surface area contributed by atoms with Gasteiger partial charge in [0.1, 0.15) is 24.6 Å². The molecule has 0 aromatic heterocycles. The average Bonchev–Trinajstić information content (AvgIpc) is 2.70. The molecule has 1 aromatic carbocycles. The van der Waals surface area contributed by atoms with Crippen molar-refractivity contribution in [1.29, 1.82) is 0 Å². The van der Waals surface area contributed by atoms with Crippen molar-refractivity contribution in [1.82, 2.24) is 0 Å². The summed E-state index contributed by atoms with van der Waals surface area (Å²) in [5, 5.41) is 0. The summed E-state index contributed by atoms with van der Waals surface area (Å²) in [6.07, 6.45) is 6.93. The second-order valence-corrected chi connectivity index (χ2v) is 5.83. The fourth-order valence-electron chi connectivity index (χ4n) is 3.00. The van der Waals surface area contributed by atoms with Gasteiger partial charge in [0, 0.05) is 12.0 Å². The Balaban J connectivity index is 1.51. The van der Waals surface area contributed by atoms with Crippen molar-refractivity contribution >= 4 is 0 Å². The molecule has 122 valence electrons. The lowest BCUT2D eigenvalue weighted by molar-refractivity contribution is -0.327. The van der Waals surface area contributed by atoms with Gasteiger partial charge >= 0.3 is 0 Å².